The zero-order chi connectivity index (χ0) is 23.2. The van der Waals surface area contributed by atoms with Gasteiger partial charge in [-0.05, 0) is 55.8 Å². The fraction of sp³-hybridized carbons (Fsp3) is 0.167. The van der Waals surface area contributed by atoms with E-state index in [0.29, 0.717) is 35.4 Å². The second-order valence-electron chi connectivity index (χ2n) is 7.08. The van der Waals surface area contributed by atoms with Crippen molar-refractivity contribution >= 4 is 5.91 Å². The van der Waals surface area contributed by atoms with Crippen LogP contribution in [0.2, 0.25) is 0 Å². The number of halogens is 1. The average molecular weight is 447 g/mol. The first-order chi connectivity index (χ1) is 16.0. The van der Waals surface area contributed by atoms with Crippen molar-refractivity contribution in [2.45, 2.75) is 20.4 Å². The molecule has 4 aromatic rings. The van der Waals surface area contributed by atoms with Gasteiger partial charge >= 0.3 is 0 Å². The predicted molar refractivity (Wildman–Crippen MR) is 119 cm³/mol. The topological polar surface area (TPSA) is 91.2 Å². The molecule has 8 nitrogen and oxygen atoms in total. The quantitative estimate of drug-likeness (QED) is 0.435. The predicted octanol–water partition coefficient (Wildman–Crippen LogP) is 4.23. The minimum absolute atomic E-state index is 0.194. The molecule has 4 rings (SSSR count). The molecule has 9 heteroatoms. The van der Waals surface area contributed by atoms with Crippen LogP contribution in [0.5, 0.6) is 17.4 Å². The number of para-hydroxylation sites is 2. The number of rotatable bonds is 8. The molecule has 2 heterocycles. The third-order valence-corrected chi connectivity index (χ3v) is 4.80. The molecule has 0 atom stereocenters. The highest BCUT2D eigenvalue weighted by atomic mass is 19.1. The number of hydrogen-bond donors (Lipinski definition) is 1. The number of ether oxygens (including phenoxy) is 2. The van der Waals surface area contributed by atoms with Crippen LogP contribution in [0.3, 0.4) is 0 Å². The lowest BCUT2D eigenvalue weighted by Crippen LogP contribution is -2.24. The SMILES string of the molecule is CCOc1ccccc1Oc1ccc(CNC(=O)c2nnn(-c3ccc(F)cc3)c2C)cn1. The number of hydrogen-bond acceptors (Lipinski definition) is 6. The van der Waals surface area contributed by atoms with Crippen molar-refractivity contribution in [2.24, 2.45) is 0 Å². The van der Waals surface area contributed by atoms with Gasteiger partial charge in [0.05, 0.1) is 18.0 Å². The van der Waals surface area contributed by atoms with Gasteiger partial charge in [0, 0.05) is 18.8 Å². The second kappa shape index (κ2) is 9.90. The zero-order valence-corrected chi connectivity index (χ0v) is 18.2. The lowest BCUT2D eigenvalue weighted by molar-refractivity contribution is 0.0945. The number of nitrogens with zero attached hydrogens (tertiary/aromatic N) is 4. The fourth-order valence-electron chi connectivity index (χ4n) is 3.13. The fourth-order valence-corrected chi connectivity index (χ4v) is 3.13. The molecular weight excluding hydrogens is 425 g/mol. The first-order valence-corrected chi connectivity index (χ1v) is 10.4. The van der Waals surface area contributed by atoms with Gasteiger partial charge in [-0.3, -0.25) is 4.79 Å². The number of amides is 1. The van der Waals surface area contributed by atoms with E-state index in [0.717, 1.165) is 5.56 Å². The molecule has 0 aliphatic carbocycles. The Labute approximate surface area is 190 Å². The lowest BCUT2D eigenvalue weighted by Gasteiger charge is -2.11. The number of pyridine rings is 1. The summed E-state index contributed by atoms with van der Waals surface area (Å²) in [7, 11) is 0. The van der Waals surface area contributed by atoms with Gasteiger partial charge in [0.2, 0.25) is 5.88 Å². The minimum atomic E-state index is -0.369. The molecule has 2 aromatic carbocycles. The van der Waals surface area contributed by atoms with Gasteiger partial charge in [-0.2, -0.15) is 0 Å². The number of benzene rings is 2. The molecule has 168 valence electrons. The van der Waals surface area contributed by atoms with Crippen molar-refractivity contribution in [3.63, 3.8) is 0 Å². The van der Waals surface area contributed by atoms with Gasteiger partial charge in [-0.1, -0.05) is 23.4 Å². The summed E-state index contributed by atoms with van der Waals surface area (Å²) in [5, 5.41) is 10.8. The molecule has 1 amide bonds. The third-order valence-electron chi connectivity index (χ3n) is 4.80. The normalized spacial score (nSPS) is 10.6. The molecule has 0 saturated carbocycles. The van der Waals surface area contributed by atoms with Crippen LogP contribution in [0, 0.1) is 12.7 Å². The summed E-state index contributed by atoms with van der Waals surface area (Å²) in [6.07, 6.45) is 1.63. The van der Waals surface area contributed by atoms with Gasteiger partial charge in [-0.25, -0.2) is 14.1 Å². The van der Waals surface area contributed by atoms with Crippen LogP contribution < -0.4 is 14.8 Å². The molecule has 0 bridgehead atoms. The molecule has 33 heavy (non-hydrogen) atoms. The molecular formula is C24H22FN5O3. The summed E-state index contributed by atoms with van der Waals surface area (Å²) in [5.74, 6) is 0.912. The minimum Gasteiger partial charge on any atom is -0.490 e. The average Bonchev–Trinajstić information content (AvgIpc) is 3.22. The molecule has 2 aromatic heterocycles. The van der Waals surface area contributed by atoms with Gasteiger partial charge in [0.1, 0.15) is 5.82 Å². The maximum Gasteiger partial charge on any atom is 0.274 e. The van der Waals surface area contributed by atoms with E-state index >= 15 is 0 Å². The van der Waals surface area contributed by atoms with Crippen molar-refractivity contribution in [1.29, 1.82) is 0 Å². The van der Waals surface area contributed by atoms with Crippen LogP contribution >= 0.6 is 0 Å². The Balaban J connectivity index is 1.38. The van der Waals surface area contributed by atoms with Crippen LogP contribution in [0.4, 0.5) is 4.39 Å². The van der Waals surface area contributed by atoms with E-state index in [1.165, 1.54) is 16.8 Å². The smallest absolute Gasteiger partial charge is 0.274 e. The standard InChI is InChI=1S/C24H22FN5O3/c1-3-32-20-6-4-5-7-21(20)33-22-13-8-17(14-26-22)15-27-24(31)23-16(2)30(29-28-23)19-11-9-18(25)10-12-19/h4-14H,3,15H2,1-2H3,(H,27,31). The molecule has 0 aliphatic rings. The molecule has 1 N–H and O–H groups in total. The Morgan fingerprint density at radius 1 is 1.06 bits per heavy atom. The molecule has 0 saturated heterocycles. The van der Waals surface area contributed by atoms with E-state index in [1.54, 1.807) is 31.3 Å². The summed E-state index contributed by atoms with van der Waals surface area (Å²) in [6, 6.07) is 16.7. The Bertz CT molecular complexity index is 1240. The zero-order valence-electron chi connectivity index (χ0n) is 18.2. The largest absolute Gasteiger partial charge is 0.490 e. The summed E-state index contributed by atoms with van der Waals surface area (Å²) in [5.41, 5.74) is 2.15. The Hall–Kier alpha value is -4.27. The van der Waals surface area contributed by atoms with E-state index in [1.807, 2.05) is 37.3 Å². The lowest BCUT2D eigenvalue weighted by atomic mass is 10.2. The van der Waals surface area contributed by atoms with Crippen molar-refractivity contribution in [1.82, 2.24) is 25.3 Å². The van der Waals surface area contributed by atoms with E-state index in [9.17, 15) is 9.18 Å². The van der Waals surface area contributed by atoms with Crippen LogP contribution in [0.1, 0.15) is 28.7 Å². The Kier molecular flexibility index (Phi) is 6.58. The molecule has 0 fully saturated rings. The maximum atomic E-state index is 13.2. The number of nitrogens with one attached hydrogen (secondary N) is 1. The number of aromatic nitrogens is 4. The summed E-state index contributed by atoms with van der Waals surface area (Å²) >= 11 is 0. The maximum absolute atomic E-state index is 13.2. The summed E-state index contributed by atoms with van der Waals surface area (Å²) < 4.78 is 26.0. The Morgan fingerprint density at radius 3 is 2.52 bits per heavy atom. The Morgan fingerprint density at radius 2 is 1.82 bits per heavy atom. The number of carbonyl (C=O) groups excluding carboxylic acids is 1. The van der Waals surface area contributed by atoms with Gasteiger partial charge in [0.15, 0.2) is 17.2 Å². The molecule has 0 spiro atoms. The molecule has 0 radical (unpaired) electrons. The van der Waals surface area contributed by atoms with E-state index in [-0.39, 0.29) is 24.0 Å². The number of carbonyl (C=O) groups is 1. The van der Waals surface area contributed by atoms with Crippen LogP contribution in [-0.4, -0.2) is 32.5 Å². The third kappa shape index (κ3) is 5.15. The van der Waals surface area contributed by atoms with Gasteiger partial charge in [0.25, 0.3) is 5.91 Å². The van der Waals surface area contributed by atoms with E-state index < -0.39 is 0 Å². The molecule has 0 aliphatic heterocycles. The van der Waals surface area contributed by atoms with Crippen LogP contribution in [0.25, 0.3) is 5.69 Å². The highest BCUT2D eigenvalue weighted by Crippen LogP contribution is 2.30. The van der Waals surface area contributed by atoms with Crippen LogP contribution in [0.15, 0.2) is 66.9 Å². The van der Waals surface area contributed by atoms with Crippen molar-refractivity contribution in [3.8, 4) is 23.1 Å². The molecule has 0 unspecified atom stereocenters. The van der Waals surface area contributed by atoms with Gasteiger partial charge in [-0.15, -0.1) is 5.10 Å². The van der Waals surface area contributed by atoms with Crippen LogP contribution in [-0.2, 0) is 6.54 Å². The van der Waals surface area contributed by atoms with Crippen molar-refractivity contribution in [2.75, 3.05) is 6.61 Å². The van der Waals surface area contributed by atoms with E-state index in [2.05, 4.69) is 20.6 Å². The highest BCUT2D eigenvalue weighted by molar-refractivity contribution is 5.93. The van der Waals surface area contributed by atoms with E-state index in [4.69, 9.17) is 9.47 Å². The monoisotopic (exact) mass is 447 g/mol. The summed E-state index contributed by atoms with van der Waals surface area (Å²) in [4.78, 5) is 16.9. The first-order valence-electron chi connectivity index (χ1n) is 10.4. The van der Waals surface area contributed by atoms with Crippen molar-refractivity contribution < 1.29 is 18.7 Å². The summed E-state index contributed by atoms with van der Waals surface area (Å²) in [6.45, 7) is 4.42. The second-order valence-corrected chi connectivity index (χ2v) is 7.08. The first kappa shape index (κ1) is 21.9. The highest BCUT2D eigenvalue weighted by Gasteiger charge is 2.17. The van der Waals surface area contributed by atoms with Crippen molar-refractivity contribution in [3.05, 3.63) is 89.6 Å². The van der Waals surface area contributed by atoms with Gasteiger partial charge < -0.3 is 14.8 Å².